The van der Waals surface area contributed by atoms with Crippen molar-refractivity contribution < 1.29 is 9.90 Å². The van der Waals surface area contributed by atoms with Crippen molar-refractivity contribution in [2.45, 2.75) is 20.4 Å². The summed E-state index contributed by atoms with van der Waals surface area (Å²) in [6.07, 6.45) is 4.81. The summed E-state index contributed by atoms with van der Waals surface area (Å²) in [7, 11) is 0. The second kappa shape index (κ2) is 5.38. The first-order valence-electron chi connectivity index (χ1n) is 6.63. The van der Waals surface area contributed by atoms with Crippen molar-refractivity contribution >= 4 is 28.6 Å². The maximum Gasteiger partial charge on any atom is 0.338 e. The van der Waals surface area contributed by atoms with Crippen molar-refractivity contribution in [1.82, 2.24) is 19.7 Å². The van der Waals surface area contributed by atoms with Gasteiger partial charge in [-0.2, -0.15) is 5.10 Å². The fraction of sp³-hybridized carbons (Fsp3) is 0.200. The molecule has 22 heavy (non-hydrogen) atoms. The van der Waals surface area contributed by atoms with E-state index in [9.17, 15) is 4.79 Å². The molecule has 3 aromatic heterocycles. The third-order valence-corrected chi connectivity index (χ3v) is 3.76. The van der Waals surface area contributed by atoms with Gasteiger partial charge in [0.05, 0.1) is 28.2 Å². The number of nitrogens with zero attached hydrogens (tertiary/aromatic N) is 4. The van der Waals surface area contributed by atoms with Crippen molar-refractivity contribution in [3.8, 4) is 0 Å². The molecule has 0 aliphatic rings. The highest BCUT2D eigenvalue weighted by molar-refractivity contribution is 6.38. The lowest BCUT2D eigenvalue weighted by molar-refractivity contribution is 0.0697. The smallest absolute Gasteiger partial charge is 0.338 e. The van der Waals surface area contributed by atoms with E-state index in [2.05, 4.69) is 15.1 Å². The summed E-state index contributed by atoms with van der Waals surface area (Å²) in [5, 5.41) is 14.3. The van der Waals surface area contributed by atoms with Gasteiger partial charge >= 0.3 is 5.97 Å². The molecule has 0 amide bonds. The highest BCUT2D eigenvalue weighted by atomic mass is 35.5. The molecular formula is C15H13ClN4O2. The Bertz CT molecular complexity index is 889. The molecule has 0 bridgehead atoms. The molecular weight excluding hydrogens is 304 g/mol. The van der Waals surface area contributed by atoms with Crippen LogP contribution in [0.25, 0.3) is 11.0 Å². The Labute approximate surface area is 131 Å². The number of carboxylic acids is 1. The zero-order valence-electron chi connectivity index (χ0n) is 12.0. The third kappa shape index (κ3) is 2.42. The quantitative estimate of drug-likeness (QED) is 0.803. The lowest BCUT2D eigenvalue weighted by Crippen LogP contribution is -2.04. The molecule has 0 aliphatic carbocycles. The predicted molar refractivity (Wildman–Crippen MR) is 82.3 cm³/mol. The van der Waals surface area contributed by atoms with Gasteiger partial charge in [0.1, 0.15) is 0 Å². The summed E-state index contributed by atoms with van der Waals surface area (Å²) in [6.45, 7) is 4.25. The van der Waals surface area contributed by atoms with Gasteiger partial charge in [-0.15, -0.1) is 0 Å². The normalized spacial score (nSPS) is 11.0. The maximum atomic E-state index is 11.2. The number of fused-ring (bicyclic) bond motifs is 1. The molecule has 0 saturated carbocycles. The van der Waals surface area contributed by atoms with Gasteiger partial charge in [0.15, 0.2) is 5.65 Å². The molecule has 112 valence electrons. The lowest BCUT2D eigenvalue weighted by Gasteiger charge is -2.05. The average Bonchev–Trinajstić information content (AvgIpc) is 2.76. The highest BCUT2D eigenvalue weighted by Gasteiger charge is 2.18. The summed E-state index contributed by atoms with van der Waals surface area (Å²) < 4.78 is 1.71. The summed E-state index contributed by atoms with van der Waals surface area (Å²) in [6, 6.07) is 2.02. The zero-order chi connectivity index (χ0) is 15.9. The SMILES string of the molecule is Cc1cncc(Cn2nc(C)c3c(Cl)c(C(=O)O)cnc32)c1. The van der Waals surface area contributed by atoms with Crippen LogP contribution >= 0.6 is 11.6 Å². The zero-order valence-corrected chi connectivity index (χ0v) is 12.8. The molecule has 1 N–H and O–H groups in total. The van der Waals surface area contributed by atoms with Crippen LogP contribution < -0.4 is 0 Å². The second-order valence-electron chi connectivity index (χ2n) is 5.10. The summed E-state index contributed by atoms with van der Waals surface area (Å²) >= 11 is 6.20. The van der Waals surface area contributed by atoms with E-state index in [0.29, 0.717) is 23.3 Å². The van der Waals surface area contributed by atoms with Crippen LogP contribution in [0.1, 0.15) is 27.2 Å². The number of carbonyl (C=O) groups is 1. The number of aromatic carboxylic acids is 1. The molecule has 6 nitrogen and oxygen atoms in total. The van der Waals surface area contributed by atoms with Crippen LogP contribution in [-0.4, -0.2) is 30.8 Å². The number of halogens is 1. The van der Waals surface area contributed by atoms with Crippen molar-refractivity contribution in [2.75, 3.05) is 0 Å². The Morgan fingerprint density at radius 2 is 2.09 bits per heavy atom. The average molecular weight is 317 g/mol. The van der Waals surface area contributed by atoms with Crippen LogP contribution in [0, 0.1) is 13.8 Å². The Morgan fingerprint density at radius 1 is 1.32 bits per heavy atom. The number of aromatic nitrogens is 4. The minimum Gasteiger partial charge on any atom is -0.478 e. The predicted octanol–water partition coefficient (Wildman–Crippen LogP) is 2.84. The molecule has 0 aliphatic heterocycles. The molecule has 0 unspecified atom stereocenters. The third-order valence-electron chi connectivity index (χ3n) is 3.37. The molecule has 3 aromatic rings. The summed E-state index contributed by atoms with van der Waals surface area (Å²) in [5.74, 6) is -1.10. The standard InChI is InChI=1S/C15H13ClN4O2/c1-8-3-10(5-17-4-8)7-20-14-12(9(2)19-20)13(16)11(6-18-14)15(21)22/h3-6H,7H2,1-2H3,(H,21,22). The van der Waals surface area contributed by atoms with Crippen LogP contribution in [0.4, 0.5) is 0 Å². The van der Waals surface area contributed by atoms with Gasteiger partial charge < -0.3 is 5.11 Å². The van der Waals surface area contributed by atoms with Crippen LogP contribution in [0.15, 0.2) is 24.7 Å². The topological polar surface area (TPSA) is 80.9 Å². The van der Waals surface area contributed by atoms with Gasteiger partial charge in [0.25, 0.3) is 0 Å². The molecule has 0 fully saturated rings. The molecule has 0 spiro atoms. The molecule has 0 aromatic carbocycles. The van der Waals surface area contributed by atoms with Gasteiger partial charge in [-0.25, -0.2) is 14.5 Å². The fourth-order valence-corrected chi connectivity index (χ4v) is 2.76. The molecule has 7 heteroatoms. The van der Waals surface area contributed by atoms with E-state index in [1.807, 2.05) is 13.0 Å². The highest BCUT2D eigenvalue weighted by Crippen LogP contribution is 2.28. The van der Waals surface area contributed by atoms with E-state index in [4.69, 9.17) is 16.7 Å². The van der Waals surface area contributed by atoms with Gasteiger partial charge in [-0.3, -0.25) is 4.98 Å². The van der Waals surface area contributed by atoms with E-state index in [0.717, 1.165) is 11.1 Å². The first-order valence-corrected chi connectivity index (χ1v) is 7.00. The number of carboxylic acid groups (broad SMARTS) is 1. The van der Waals surface area contributed by atoms with Gasteiger partial charge in [0, 0.05) is 18.6 Å². The van der Waals surface area contributed by atoms with E-state index in [-0.39, 0.29) is 10.6 Å². The molecule has 0 radical (unpaired) electrons. The lowest BCUT2D eigenvalue weighted by atomic mass is 10.2. The minimum absolute atomic E-state index is 0.0194. The van der Waals surface area contributed by atoms with Gasteiger partial charge in [-0.05, 0) is 25.0 Å². The Hall–Kier alpha value is -2.47. The number of rotatable bonds is 3. The summed E-state index contributed by atoms with van der Waals surface area (Å²) in [4.78, 5) is 19.5. The number of pyridine rings is 2. The van der Waals surface area contributed by atoms with Crippen LogP contribution in [0.5, 0.6) is 0 Å². The Morgan fingerprint density at radius 3 is 2.77 bits per heavy atom. The number of hydrogen-bond donors (Lipinski definition) is 1. The molecule has 3 rings (SSSR count). The Balaban J connectivity index is 2.12. The largest absolute Gasteiger partial charge is 0.478 e. The van der Waals surface area contributed by atoms with Gasteiger partial charge in [-0.1, -0.05) is 17.7 Å². The van der Waals surface area contributed by atoms with E-state index >= 15 is 0 Å². The minimum atomic E-state index is -1.10. The number of hydrogen-bond acceptors (Lipinski definition) is 4. The molecule has 3 heterocycles. The number of aryl methyl sites for hydroxylation is 2. The van der Waals surface area contributed by atoms with Crippen LogP contribution in [0.2, 0.25) is 5.02 Å². The van der Waals surface area contributed by atoms with Crippen molar-refractivity contribution in [3.05, 3.63) is 52.1 Å². The van der Waals surface area contributed by atoms with Crippen molar-refractivity contribution in [3.63, 3.8) is 0 Å². The van der Waals surface area contributed by atoms with Crippen LogP contribution in [0.3, 0.4) is 0 Å². The maximum absolute atomic E-state index is 11.2. The monoisotopic (exact) mass is 316 g/mol. The summed E-state index contributed by atoms with van der Waals surface area (Å²) in [5.41, 5.74) is 3.24. The first-order chi connectivity index (χ1) is 10.5. The molecule has 0 atom stereocenters. The molecule has 0 saturated heterocycles. The second-order valence-corrected chi connectivity index (χ2v) is 5.48. The van der Waals surface area contributed by atoms with E-state index in [1.54, 1.807) is 24.0 Å². The Kier molecular flexibility index (Phi) is 3.54. The van der Waals surface area contributed by atoms with Gasteiger partial charge in [0.2, 0.25) is 0 Å². The van der Waals surface area contributed by atoms with Crippen molar-refractivity contribution in [1.29, 1.82) is 0 Å². The fourth-order valence-electron chi connectivity index (χ4n) is 2.41. The van der Waals surface area contributed by atoms with E-state index in [1.165, 1.54) is 6.20 Å². The van der Waals surface area contributed by atoms with Crippen molar-refractivity contribution in [2.24, 2.45) is 0 Å². The van der Waals surface area contributed by atoms with E-state index < -0.39 is 5.97 Å². The van der Waals surface area contributed by atoms with Crippen LogP contribution in [-0.2, 0) is 6.54 Å². The first kappa shape index (κ1) is 14.5.